The highest BCUT2D eigenvalue weighted by atomic mass is 35.5. The fraction of sp³-hybridized carbons (Fsp3) is 0.200. The molecule has 20 heavy (non-hydrogen) atoms. The lowest BCUT2D eigenvalue weighted by Crippen LogP contribution is -2.06. The first-order valence-corrected chi connectivity index (χ1v) is 6.26. The summed E-state index contributed by atoms with van der Waals surface area (Å²) in [5.41, 5.74) is -1.05. The lowest BCUT2D eigenvalue weighted by molar-refractivity contribution is 0.0681. The monoisotopic (exact) mass is 364 g/mol. The van der Waals surface area contributed by atoms with Crippen LogP contribution in [0.25, 0.3) is 0 Å². The number of halogens is 4. The van der Waals surface area contributed by atoms with Crippen molar-refractivity contribution in [1.82, 2.24) is 0 Å². The molecule has 0 spiro atoms. The van der Waals surface area contributed by atoms with Gasteiger partial charge < -0.3 is 20.4 Å². The maximum atomic E-state index is 10.8. The van der Waals surface area contributed by atoms with Crippen LogP contribution in [0.5, 0.6) is 0 Å². The number of carbonyl (C=O) groups is 2. The molecule has 0 aliphatic rings. The number of rotatable bonds is 3. The number of aromatic carboxylic acids is 2. The van der Waals surface area contributed by atoms with Crippen molar-refractivity contribution < 1.29 is 30.0 Å². The second-order valence-corrected chi connectivity index (χ2v) is 4.58. The van der Waals surface area contributed by atoms with Gasteiger partial charge in [-0.15, -0.1) is 0 Å². The molecule has 0 atom stereocenters. The first kappa shape index (κ1) is 19.2. The van der Waals surface area contributed by atoms with Gasteiger partial charge in [-0.25, -0.2) is 9.59 Å². The quantitative estimate of drug-likeness (QED) is 0.612. The molecule has 0 aliphatic carbocycles. The third-order valence-electron chi connectivity index (χ3n) is 1.79. The Kier molecular flexibility index (Phi) is 8.19. The molecule has 6 nitrogen and oxygen atoms in total. The Bertz CT molecular complexity index is 455. The second-order valence-electron chi connectivity index (χ2n) is 3.06. The topological polar surface area (TPSA) is 115 Å². The van der Waals surface area contributed by atoms with Gasteiger partial charge in [-0.05, 0) is 0 Å². The number of carboxylic acid groups (broad SMARTS) is 2. The standard InChI is InChI=1S/C8H2Cl4O4.C2H6O2/c9-3-1(7(13)14)4(10)6(12)2(5(3)11)8(15)16;3-1-2-4/h(H,13,14)(H,15,16);3-4H,1-2H2. The molecule has 0 radical (unpaired) electrons. The SMILES string of the molecule is O=C(O)c1c(Cl)c(Cl)c(C(=O)O)c(Cl)c1Cl.OCCO. The number of aliphatic hydroxyl groups excluding tert-OH is 2. The van der Waals surface area contributed by atoms with E-state index < -0.39 is 43.2 Å². The predicted octanol–water partition coefficient (Wildman–Crippen LogP) is 2.67. The minimum atomic E-state index is -1.45. The molecule has 0 heterocycles. The zero-order valence-electron chi connectivity index (χ0n) is 9.53. The highest BCUT2D eigenvalue weighted by Gasteiger charge is 2.27. The first-order valence-electron chi connectivity index (χ1n) is 4.74. The van der Waals surface area contributed by atoms with Gasteiger partial charge in [0.05, 0.1) is 44.4 Å². The number of hydrogen-bond donors (Lipinski definition) is 4. The zero-order chi connectivity index (χ0) is 16.0. The van der Waals surface area contributed by atoms with Gasteiger partial charge >= 0.3 is 11.9 Å². The van der Waals surface area contributed by atoms with Gasteiger partial charge in [0.25, 0.3) is 0 Å². The smallest absolute Gasteiger partial charge is 0.338 e. The summed E-state index contributed by atoms with van der Waals surface area (Å²) in [6.07, 6.45) is 0. The van der Waals surface area contributed by atoms with Crippen LogP contribution in [0.4, 0.5) is 0 Å². The maximum Gasteiger partial charge on any atom is 0.338 e. The van der Waals surface area contributed by atoms with Crippen molar-refractivity contribution >= 4 is 58.3 Å². The van der Waals surface area contributed by atoms with Crippen LogP contribution < -0.4 is 0 Å². The van der Waals surface area contributed by atoms with Crippen LogP contribution in [-0.2, 0) is 0 Å². The summed E-state index contributed by atoms with van der Waals surface area (Å²) in [4.78, 5) is 21.6. The first-order chi connectivity index (χ1) is 9.20. The van der Waals surface area contributed by atoms with Crippen LogP contribution in [0.3, 0.4) is 0 Å². The van der Waals surface area contributed by atoms with E-state index in [9.17, 15) is 9.59 Å². The molecule has 0 aromatic heterocycles. The van der Waals surface area contributed by atoms with E-state index in [0.717, 1.165) is 0 Å². The fourth-order valence-electron chi connectivity index (χ4n) is 1.01. The summed E-state index contributed by atoms with van der Waals surface area (Å²) < 4.78 is 0. The van der Waals surface area contributed by atoms with E-state index in [2.05, 4.69) is 0 Å². The molecule has 112 valence electrons. The Morgan fingerprint density at radius 3 is 1.00 bits per heavy atom. The van der Waals surface area contributed by atoms with Gasteiger partial charge in [-0.1, -0.05) is 46.4 Å². The minimum absolute atomic E-state index is 0.125. The van der Waals surface area contributed by atoms with Crippen molar-refractivity contribution in [3.63, 3.8) is 0 Å². The summed E-state index contributed by atoms with van der Waals surface area (Å²) in [5, 5.41) is 31.0. The average molecular weight is 366 g/mol. The molecule has 1 aromatic carbocycles. The van der Waals surface area contributed by atoms with Gasteiger partial charge in [0.15, 0.2) is 0 Å². The van der Waals surface area contributed by atoms with Crippen LogP contribution in [0, 0.1) is 0 Å². The molecule has 0 amide bonds. The van der Waals surface area contributed by atoms with E-state index in [4.69, 9.17) is 66.8 Å². The van der Waals surface area contributed by atoms with Crippen molar-refractivity contribution in [2.45, 2.75) is 0 Å². The van der Waals surface area contributed by atoms with Gasteiger partial charge in [0, 0.05) is 0 Å². The van der Waals surface area contributed by atoms with E-state index in [0.29, 0.717) is 0 Å². The van der Waals surface area contributed by atoms with Gasteiger partial charge in [0.1, 0.15) is 0 Å². The molecule has 4 N–H and O–H groups in total. The Hall–Kier alpha value is -0.760. The van der Waals surface area contributed by atoms with Crippen LogP contribution in [0.2, 0.25) is 20.1 Å². The summed E-state index contributed by atoms with van der Waals surface area (Å²) in [6.45, 7) is -0.250. The molecule has 0 aliphatic heterocycles. The molecule has 0 fully saturated rings. The summed E-state index contributed by atoms with van der Waals surface area (Å²) >= 11 is 22.4. The molecular weight excluding hydrogens is 358 g/mol. The molecule has 1 aromatic rings. The van der Waals surface area contributed by atoms with Crippen LogP contribution in [0.15, 0.2) is 0 Å². The van der Waals surface area contributed by atoms with E-state index in [-0.39, 0.29) is 13.2 Å². The molecule has 1 rings (SSSR count). The zero-order valence-corrected chi connectivity index (χ0v) is 12.6. The van der Waals surface area contributed by atoms with Gasteiger partial charge in [0.2, 0.25) is 0 Å². The van der Waals surface area contributed by atoms with E-state index in [1.807, 2.05) is 0 Å². The Morgan fingerprint density at radius 2 is 0.900 bits per heavy atom. The Morgan fingerprint density at radius 1 is 0.700 bits per heavy atom. The normalized spacial score (nSPS) is 9.70. The van der Waals surface area contributed by atoms with Crippen molar-refractivity contribution in [1.29, 1.82) is 0 Å². The Labute approximate surface area is 133 Å². The van der Waals surface area contributed by atoms with Crippen molar-refractivity contribution in [3.05, 3.63) is 31.2 Å². The van der Waals surface area contributed by atoms with E-state index >= 15 is 0 Å². The summed E-state index contributed by atoms with van der Waals surface area (Å²) in [5.74, 6) is -2.90. The van der Waals surface area contributed by atoms with E-state index in [1.165, 1.54) is 0 Å². The Balaban J connectivity index is 0.000000796. The van der Waals surface area contributed by atoms with E-state index in [1.54, 1.807) is 0 Å². The number of hydrogen-bond acceptors (Lipinski definition) is 4. The summed E-state index contributed by atoms with van der Waals surface area (Å²) in [6, 6.07) is 0. The van der Waals surface area contributed by atoms with Gasteiger partial charge in [-0.3, -0.25) is 0 Å². The van der Waals surface area contributed by atoms with Crippen molar-refractivity contribution in [2.75, 3.05) is 13.2 Å². The summed E-state index contributed by atoms with van der Waals surface area (Å²) in [7, 11) is 0. The maximum absolute atomic E-state index is 10.8. The molecule has 10 heteroatoms. The lowest BCUT2D eigenvalue weighted by Gasteiger charge is -2.10. The largest absolute Gasteiger partial charge is 0.478 e. The van der Waals surface area contributed by atoms with Crippen LogP contribution in [0.1, 0.15) is 20.7 Å². The lowest BCUT2D eigenvalue weighted by atomic mass is 10.1. The highest BCUT2D eigenvalue weighted by molar-refractivity contribution is 6.52. The molecule has 0 bridgehead atoms. The third kappa shape index (κ3) is 4.37. The van der Waals surface area contributed by atoms with Crippen molar-refractivity contribution in [3.8, 4) is 0 Å². The average Bonchev–Trinajstić information content (AvgIpc) is 2.36. The number of carboxylic acids is 2. The second kappa shape index (κ2) is 8.51. The minimum Gasteiger partial charge on any atom is -0.478 e. The van der Waals surface area contributed by atoms with Crippen LogP contribution in [-0.4, -0.2) is 45.6 Å². The number of benzene rings is 1. The third-order valence-corrected chi connectivity index (χ3v) is 3.50. The number of aliphatic hydroxyl groups is 2. The highest BCUT2D eigenvalue weighted by Crippen LogP contribution is 2.41. The predicted molar refractivity (Wildman–Crippen MR) is 74.6 cm³/mol. The molecule has 0 saturated carbocycles. The fourth-order valence-corrected chi connectivity index (χ4v) is 2.18. The molecule has 0 saturated heterocycles. The van der Waals surface area contributed by atoms with Crippen molar-refractivity contribution in [2.24, 2.45) is 0 Å². The van der Waals surface area contributed by atoms with Gasteiger partial charge in [-0.2, -0.15) is 0 Å². The molecule has 0 unspecified atom stereocenters. The molecular formula is C10H8Cl4O6. The van der Waals surface area contributed by atoms with Crippen LogP contribution >= 0.6 is 46.4 Å².